The van der Waals surface area contributed by atoms with Gasteiger partial charge in [0.25, 0.3) is 0 Å². The van der Waals surface area contributed by atoms with Crippen LogP contribution in [0.3, 0.4) is 0 Å². The predicted octanol–water partition coefficient (Wildman–Crippen LogP) is 15.7. The molecule has 8 aromatic carbocycles. The number of hydrogen-bond acceptors (Lipinski definition) is 1. The Morgan fingerprint density at radius 1 is 0.522 bits per heavy atom. The van der Waals surface area contributed by atoms with Crippen molar-refractivity contribution >= 4 is 45.6 Å². The van der Waals surface area contributed by atoms with E-state index in [-0.39, 0.29) is 11.8 Å². The van der Waals surface area contributed by atoms with Gasteiger partial charge in [0.15, 0.2) is 7.14 Å². The maximum atomic E-state index is 17.1. The van der Waals surface area contributed by atoms with Gasteiger partial charge in [0, 0.05) is 50.1 Å². The van der Waals surface area contributed by atoms with Crippen LogP contribution in [0, 0.1) is 0 Å². The number of nitrogens with zero attached hydrogens (tertiary/aromatic N) is 1. The maximum Gasteiger partial charge on any atom is 0.172 e. The van der Waals surface area contributed by atoms with Crippen molar-refractivity contribution in [3.8, 4) is 39.1 Å². The first kappa shape index (κ1) is 41.4. The number of para-hydroxylation sites is 1. The van der Waals surface area contributed by atoms with E-state index in [2.05, 4.69) is 247 Å². The summed E-state index contributed by atoms with van der Waals surface area (Å²) in [7, 11) is -3.44. The zero-order chi connectivity index (χ0) is 45.9. The number of rotatable bonds is 8. The van der Waals surface area contributed by atoms with Crippen LogP contribution >= 0.6 is 7.14 Å². The fraction of sp³-hybridized carbons (Fsp3) is 0.0909. The van der Waals surface area contributed by atoms with Crippen molar-refractivity contribution in [1.82, 2.24) is 4.57 Å². The third kappa shape index (κ3) is 7.22. The SMILES string of the molecule is O=P1(c2cc(-c3cccc(-c4ccccc4)c3)cc(C3C=CC=C(C4=CC(c5ccccc5)=CC(c5ccccc5)C4)C3)c2)c2ccccc2-c2cc3c4c(n(-c5ccccc5)c3cc21)CCC=C4. The van der Waals surface area contributed by atoms with Gasteiger partial charge in [0.1, 0.15) is 0 Å². The van der Waals surface area contributed by atoms with E-state index < -0.39 is 7.14 Å². The lowest BCUT2D eigenvalue weighted by Gasteiger charge is -2.28. The number of fused-ring (bicyclic) bond motifs is 6. The van der Waals surface area contributed by atoms with Gasteiger partial charge in [-0.15, -0.1) is 0 Å². The molecule has 3 heteroatoms. The molecule has 0 radical (unpaired) electrons. The van der Waals surface area contributed by atoms with Gasteiger partial charge in [-0.2, -0.15) is 0 Å². The van der Waals surface area contributed by atoms with Gasteiger partial charge in [0.2, 0.25) is 0 Å². The fourth-order valence-electron chi connectivity index (χ4n) is 11.6. The van der Waals surface area contributed by atoms with Gasteiger partial charge in [-0.1, -0.05) is 200 Å². The van der Waals surface area contributed by atoms with Crippen molar-refractivity contribution in [3.63, 3.8) is 0 Å². The summed E-state index contributed by atoms with van der Waals surface area (Å²) in [4.78, 5) is 0. The van der Waals surface area contributed by atoms with Crippen LogP contribution in [0.1, 0.15) is 59.0 Å². The molecule has 3 aliphatic carbocycles. The third-order valence-electron chi connectivity index (χ3n) is 15.0. The average Bonchev–Trinajstić information content (AvgIpc) is 3.89. The molecule has 330 valence electrons. The van der Waals surface area contributed by atoms with Crippen molar-refractivity contribution in [2.24, 2.45) is 0 Å². The number of aromatic nitrogens is 1. The summed E-state index contributed by atoms with van der Waals surface area (Å²) in [6, 6.07) is 72.0. The molecule has 9 aromatic rings. The highest BCUT2D eigenvalue weighted by Gasteiger charge is 2.42. The Bertz CT molecular complexity index is 3680. The molecule has 0 spiro atoms. The van der Waals surface area contributed by atoms with Crippen molar-refractivity contribution in [2.45, 2.75) is 37.5 Å². The first-order chi connectivity index (χ1) is 34.1. The lowest BCUT2D eigenvalue weighted by atomic mass is 9.77. The molecule has 1 aromatic heterocycles. The van der Waals surface area contributed by atoms with E-state index >= 15 is 4.57 Å². The molecule has 0 N–H and O–H groups in total. The Balaban J connectivity index is 0.975. The molecule has 4 aliphatic rings. The monoisotopic (exact) mass is 903 g/mol. The smallest absolute Gasteiger partial charge is 0.172 e. The molecular weight excluding hydrogens is 854 g/mol. The van der Waals surface area contributed by atoms with E-state index in [9.17, 15) is 0 Å². The normalized spacial score (nSPS) is 19.0. The van der Waals surface area contributed by atoms with Crippen molar-refractivity contribution in [1.29, 1.82) is 0 Å². The molecule has 0 saturated carbocycles. The van der Waals surface area contributed by atoms with E-state index in [1.807, 2.05) is 0 Å². The Hall–Kier alpha value is -7.77. The minimum atomic E-state index is -3.44. The number of hydrogen-bond donors (Lipinski definition) is 0. The van der Waals surface area contributed by atoms with Crippen LogP contribution in [0.5, 0.6) is 0 Å². The Labute approximate surface area is 405 Å². The van der Waals surface area contributed by atoms with Crippen molar-refractivity contribution in [3.05, 3.63) is 276 Å². The summed E-state index contributed by atoms with van der Waals surface area (Å²) < 4.78 is 19.5. The third-order valence-corrected chi connectivity index (χ3v) is 18.1. The molecule has 3 atom stereocenters. The molecule has 69 heavy (non-hydrogen) atoms. The fourth-order valence-corrected chi connectivity index (χ4v) is 14.7. The average molecular weight is 904 g/mol. The highest BCUT2D eigenvalue weighted by Crippen LogP contribution is 2.55. The van der Waals surface area contributed by atoms with E-state index in [1.54, 1.807) is 0 Å². The van der Waals surface area contributed by atoms with Gasteiger partial charge in [0.05, 0.1) is 5.52 Å². The van der Waals surface area contributed by atoms with Crippen LogP contribution < -0.4 is 15.9 Å². The highest BCUT2D eigenvalue weighted by molar-refractivity contribution is 7.86. The van der Waals surface area contributed by atoms with E-state index in [1.165, 1.54) is 55.6 Å². The first-order valence-corrected chi connectivity index (χ1v) is 26.1. The van der Waals surface area contributed by atoms with Crippen LogP contribution in [0.2, 0.25) is 0 Å². The first-order valence-electron chi connectivity index (χ1n) is 24.4. The predicted molar refractivity (Wildman–Crippen MR) is 291 cm³/mol. The summed E-state index contributed by atoms with van der Waals surface area (Å²) in [6.45, 7) is 0. The summed E-state index contributed by atoms with van der Waals surface area (Å²) in [5.41, 5.74) is 19.3. The summed E-state index contributed by atoms with van der Waals surface area (Å²) in [5.74, 6) is 0.338. The molecule has 2 nitrogen and oxygen atoms in total. The molecule has 0 saturated heterocycles. The second-order valence-corrected chi connectivity index (χ2v) is 21.7. The van der Waals surface area contributed by atoms with Gasteiger partial charge in [-0.3, -0.25) is 0 Å². The summed E-state index contributed by atoms with van der Waals surface area (Å²) >= 11 is 0. The summed E-state index contributed by atoms with van der Waals surface area (Å²) in [5, 5.41) is 3.94. The lowest BCUT2D eigenvalue weighted by molar-refractivity contribution is 0.593. The minimum absolute atomic E-state index is 0.0726. The zero-order valence-electron chi connectivity index (χ0n) is 38.4. The molecule has 0 amide bonds. The molecule has 13 rings (SSSR count). The van der Waals surface area contributed by atoms with Gasteiger partial charge >= 0.3 is 0 Å². The standard InChI is InChI=1S/C66H50NOP/c68-69(65-34-16-14-32-60(65)62-43-61-59-31-13-15-33-63(59)67(64(61)44-66(62)69)57-29-11-4-12-30-57)58-41-55(50-27-17-25-48(35-50)45-19-5-1-6-20-45)40-56(42-58)51-28-18-26-49(36-51)54-38-52(46-21-7-2-8-22-46)37-53(39-54)47-23-9-3-10-24-47/h1-14,16-32,34-35,37-38,40-44,51,53H,15,33,36,39H2. The molecule has 0 fully saturated rings. The van der Waals surface area contributed by atoms with Gasteiger partial charge < -0.3 is 9.13 Å². The van der Waals surface area contributed by atoms with Crippen LogP contribution in [0.4, 0.5) is 0 Å². The maximum absolute atomic E-state index is 17.1. The minimum Gasteiger partial charge on any atom is -0.313 e. The summed E-state index contributed by atoms with van der Waals surface area (Å²) in [6.07, 6.45) is 20.2. The number of allylic oxidation sites excluding steroid dienone is 9. The topological polar surface area (TPSA) is 22.0 Å². The Morgan fingerprint density at radius 3 is 2.00 bits per heavy atom. The van der Waals surface area contributed by atoms with Crippen molar-refractivity contribution in [2.75, 3.05) is 0 Å². The van der Waals surface area contributed by atoms with E-state index in [0.29, 0.717) is 0 Å². The van der Waals surface area contributed by atoms with Crippen LogP contribution in [-0.4, -0.2) is 4.57 Å². The van der Waals surface area contributed by atoms with Crippen LogP contribution in [0.15, 0.2) is 248 Å². The molecule has 2 heterocycles. The van der Waals surface area contributed by atoms with Crippen molar-refractivity contribution < 1.29 is 4.57 Å². The van der Waals surface area contributed by atoms with Gasteiger partial charge in [-0.25, -0.2) is 0 Å². The number of benzene rings is 8. The van der Waals surface area contributed by atoms with Crippen LogP contribution in [0.25, 0.3) is 61.6 Å². The molecule has 0 bridgehead atoms. The van der Waals surface area contributed by atoms with Gasteiger partial charge in [-0.05, 0) is 135 Å². The highest BCUT2D eigenvalue weighted by atomic mass is 31.2. The molecule has 3 unspecified atom stereocenters. The second kappa shape index (κ2) is 17.1. The van der Waals surface area contributed by atoms with E-state index in [4.69, 9.17) is 0 Å². The quantitative estimate of drug-likeness (QED) is 0.139. The lowest BCUT2D eigenvalue weighted by Crippen LogP contribution is -2.22. The molecule has 1 aliphatic heterocycles. The Kier molecular flexibility index (Phi) is 10.3. The molecular formula is C66H50NOP. The second-order valence-electron chi connectivity index (χ2n) is 19.0. The van der Waals surface area contributed by atoms with E-state index in [0.717, 1.165) is 80.6 Å². The van der Waals surface area contributed by atoms with Crippen LogP contribution in [-0.2, 0) is 11.0 Å². The zero-order valence-corrected chi connectivity index (χ0v) is 39.3. The Morgan fingerprint density at radius 2 is 1.20 bits per heavy atom. The largest absolute Gasteiger partial charge is 0.313 e.